The van der Waals surface area contributed by atoms with Gasteiger partial charge in [0.1, 0.15) is 17.7 Å². The van der Waals surface area contributed by atoms with Gasteiger partial charge in [-0.25, -0.2) is 13.4 Å². The highest BCUT2D eigenvalue weighted by molar-refractivity contribution is 7.96. The zero-order valence-corrected chi connectivity index (χ0v) is 22.5. The van der Waals surface area contributed by atoms with E-state index >= 15 is 0 Å². The van der Waals surface area contributed by atoms with Crippen LogP contribution in [0.5, 0.6) is 0 Å². The summed E-state index contributed by atoms with van der Waals surface area (Å²) in [6, 6.07) is 17.2. The van der Waals surface area contributed by atoms with Gasteiger partial charge in [-0.2, -0.15) is 5.26 Å². The van der Waals surface area contributed by atoms with Crippen molar-refractivity contribution >= 4 is 23.5 Å². The molecule has 0 amide bonds. The number of anilines is 2. The fourth-order valence-corrected chi connectivity index (χ4v) is 5.28. The van der Waals surface area contributed by atoms with Crippen LogP contribution in [0.15, 0.2) is 48.5 Å². The highest BCUT2D eigenvalue weighted by atomic mass is 32.2. The van der Waals surface area contributed by atoms with Gasteiger partial charge in [-0.05, 0) is 49.4 Å². The van der Waals surface area contributed by atoms with Crippen molar-refractivity contribution in [1.29, 1.82) is 5.26 Å². The standard InChI is InChI=1S/C22H23FN6S.C6H13N/c1-25-22-14-21(16-6-7-17(15-24)20(23)12-16)29(26-22)19-5-3-4-18(13-19)27-8-10-28(30-2)11-9-27;7-6-4-2-1-3-5-6/h3-7,12-14H,8-11H2,1-2H3,(H,25,26);6H,1-5,7H2. The number of nitriles is 1. The normalized spacial score (nSPS) is 16.6. The number of benzene rings is 2. The fraction of sp³-hybridized carbons (Fsp3) is 0.429. The summed E-state index contributed by atoms with van der Waals surface area (Å²) >= 11 is 1.79. The van der Waals surface area contributed by atoms with Crippen molar-refractivity contribution in [3.63, 3.8) is 0 Å². The van der Waals surface area contributed by atoms with Gasteiger partial charge in [-0.3, -0.25) is 0 Å². The molecule has 2 aliphatic rings. The van der Waals surface area contributed by atoms with Gasteiger partial charge in [0.2, 0.25) is 0 Å². The molecule has 1 aromatic heterocycles. The van der Waals surface area contributed by atoms with E-state index in [0.717, 1.165) is 43.2 Å². The third kappa shape index (κ3) is 6.83. The maximum Gasteiger partial charge on any atom is 0.148 e. The van der Waals surface area contributed by atoms with Gasteiger partial charge >= 0.3 is 0 Å². The first-order valence-corrected chi connectivity index (χ1v) is 14.1. The number of nitrogens with one attached hydrogen (secondary N) is 1. The van der Waals surface area contributed by atoms with E-state index in [-0.39, 0.29) is 5.56 Å². The number of hydrogen-bond donors (Lipinski definition) is 2. The van der Waals surface area contributed by atoms with E-state index in [0.29, 0.717) is 17.4 Å². The molecule has 0 bridgehead atoms. The smallest absolute Gasteiger partial charge is 0.148 e. The van der Waals surface area contributed by atoms with Crippen LogP contribution in [0.3, 0.4) is 0 Å². The number of halogens is 1. The van der Waals surface area contributed by atoms with Crippen LogP contribution in [0.25, 0.3) is 16.9 Å². The second kappa shape index (κ2) is 13.0. The molecular formula is C28H36FN7S. The van der Waals surface area contributed by atoms with Gasteiger partial charge < -0.3 is 16.0 Å². The minimum Gasteiger partial charge on any atom is -0.372 e. The SMILES string of the molecule is CNc1cc(-c2ccc(C#N)c(F)c2)n(-c2cccc(N3CCN(SC)CC3)c2)n1.NC1CCCCC1. The average Bonchev–Trinajstić information content (AvgIpc) is 3.39. The van der Waals surface area contributed by atoms with Gasteiger partial charge in [-0.15, -0.1) is 5.10 Å². The molecule has 196 valence electrons. The van der Waals surface area contributed by atoms with Crippen molar-refractivity contribution in [3.8, 4) is 23.0 Å². The van der Waals surface area contributed by atoms with Crippen molar-refractivity contribution in [2.24, 2.45) is 5.73 Å². The molecule has 7 nitrogen and oxygen atoms in total. The Morgan fingerprint density at radius 3 is 2.35 bits per heavy atom. The first-order chi connectivity index (χ1) is 18.0. The molecule has 2 fully saturated rings. The highest BCUT2D eigenvalue weighted by Gasteiger charge is 2.18. The Morgan fingerprint density at radius 2 is 1.76 bits per heavy atom. The number of nitrogens with zero attached hydrogens (tertiary/aromatic N) is 5. The predicted octanol–water partition coefficient (Wildman–Crippen LogP) is 5.27. The summed E-state index contributed by atoms with van der Waals surface area (Å²) in [7, 11) is 1.80. The Balaban J connectivity index is 0.000000396. The second-order valence-electron chi connectivity index (χ2n) is 9.40. The Bertz CT molecular complexity index is 1210. The number of rotatable bonds is 5. The molecule has 37 heavy (non-hydrogen) atoms. The number of piperazine rings is 1. The first-order valence-electron chi connectivity index (χ1n) is 12.9. The summed E-state index contributed by atoms with van der Waals surface area (Å²) in [5.41, 5.74) is 9.14. The minimum atomic E-state index is -0.533. The quantitative estimate of drug-likeness (QED) is 0.443. The van der Waals surface area contributed by atoms with Crippen molar-refractivity contribution in [2.45, 2.75) is 38.1 Å². The zero-order chi connectivity index (χ0) is 26.2. The van der Waals surface area contributed by atoms with Crippen molar-refractivity contribution in [3.05, 3.63) is 59.9 Å². The molecule has 3 aromatic rings. The maximum absolute atomic E-state index is 14.2. The lowest BCUT2D eigenvalue weighted by atomic mass is 9.97. The molecule has 0 unspecified atom stereocenters. The summed E-state index contributed by atoms with van der Waals surface area (Å²) in [5.74, 6) is 0.155. The molecule has 5 rings (SSSR count). The number of nitrogens with two attached hydrogens (primary N) is 1. The van der Waals surface area contributed by atoms with Crippen LogP contribution in [0.2, 0.25) is 0 Å². The molecule has 3 N–H and O–H groups in total. The molecule has 1 aliphatic carbocycles. The van der Waals surface area contributed by atoms with E-state index in [9.17, 15) is 4.39 Å². The highest BCUT2D eigenvalue weighted by Crippen LogP contribution is 2.29. The third-order valence-electron chi connectivity index (χ3n) is 6.94. The molecule has 2 aromatic carbocycles. The summed E-state index contributed by atoms with van der Waals surface area (Å²) in [6.07, 6.45) is 8.77. The van der Waals surface area contributed by atoms with Gasteiger partial charge in [0.25, 0.3) is 0 Å². The molecule has 2 heterocycles. The minimum absolute atomic E-state index is 0.0324. The van der Waals surface area contributed by atoms with Crippen LogP contribution >= 0.6 is 11.9 Å². The monoisotopic (exact) mass is 521 g/mol. The van der Waals surface area contributed by atoms with E-state index in [4.69, 9.17) is 11.0 Å². The summed E-state index contributed by atoms with van der Waals surface area (Å²) in [4.78, 5) is 2.37. The van der Waals surface area contributed by atoms with Crippen LogP contribution in [0, 0.1) is 17.1 Å². The Labute approximate surface area is 223 Å². The lowest BCUT2D eigenvalue weighted by Crippen LogP contribution is -2.43. The molecule has 9 heteroatoms. The maximum atomic E-state index is 14.2. The van der Waals surface area contributed by atoms with Gasteiger partial charge in [-0.1, -0.05) is 43.3 Å². The van der Waals surface area contributed by atoms with Gasteiger partial charge in [0.05, 0.1) is 16.9 Å². The number of aromatic nitrogens is 2. The van der Waals surface area contributed by atoms with E-state index < -0.39 is 5.82 Å². The largest absolute Gasteiger partial charge is 0.372 e. The lowest BCUT2D eigenvalue weighted by molar-refractivity contribution is 0.431. The Morgan fingerprint density at radius 1 is 1.03 bits per heavy atom. The fourth-order valence-electron chi connectivity index (χ4n) is 4.76. The molecule has 1 aliphatic heterocycles. The van der Waals surface area contributed by atoms with Crippen LogP contribution in [-0.4, -0.2) is 59.6 Å². The molecule has 1 saturated heterocycles. The average molecular weight is 522 g/mol. The van der Waals surface area contributed by atoms with E-state index in [1.807, 2.05) is 29.0 Å². The predicted molar refractivity (Wildman–Crippen MR) is 152 cm³/mol. The topological polar surface area (TPSA) is 86.1 Å². The van der Waals surface area contributed by atoms with Gasteiger partial charge in [0.15, 0.2) is 0 Å². The van der Waals surface area contributed by atoms with Crippen molar-refractivity contribution < 1.29 is 4.39 Å². The Hall–Kier alpha value is -3.06. The molecular weight excluding hydrogens is 485 g/mol. The second-order valence-corrected chi connectivity index (χ2v) is 10.3. The zero-order valence-electron chi connectivity index (χ0n) is 21.7. The van der Waals surface area contributed by atoms with Crippen molar-refractivity contribution in [2.75, 3.05) is 49.7 Å². The number of hydrogen-bond acceptors (Lipinski definition) is 7. The molecule has 0 radical (unpaired) electrons. The van der Waals surface area contributed by atoms with Crippen LogP contribution in [0.1, 0.15) is 37.7 Å². The van der Waals surface area contributed by atoms with Crippen LogP contribution in [0.4, 0.5) is 15.9 Å². The van der Waals surface area contributed by atoms with Crippen LogP contribution < -0.4 is 16.0 Å². The van der Waals surface area contributed by atoms with Gasteiger partial charge in [0, 0.05) is 56.6 Å². The van der Waals surface area contributed by atoms with E-state index in [1.165, 1.54) is 44.2 Å². The lowest BCUT2D eigenvalue weighted by Gasteiger charge is -2.34. The first kappa shape index (κ1) is 27.0. The molecule has 0 spiro atoms. The third-order valence-corrected chi connectivity index (χ3v) is 7.82. The van der Waals surface area contributed by atoms with E-state index in [2.05, 4.69) is 38.0 Å². The Kier molecular flexibility index (Phi) is 9.45. The van der Waals surface area contributed by atoms with Crippen LogP contribution in [-0.2, 0) is 0 Å². The van der Waals surface area contributed by atoms with E-state index in [1.54, 1.807) is 25.1 Å². The summed E-state index contributed by atoms with van der Waals surface area (Å²) in [6.45, 7) is 3.98. The van der Waals surface area contributed by atoms with Crippen molar-refractivity contribution in [1.82, 2.24) is 14.1 Å². The summed E-state index contributed by atoms with van der Waals surface area (Å²) < 4.78 is 18.4. The summed E-state index contributed by atoms with van der Waals surface area (Å²) in [5, 5.41) is 16.7. The molecule has 1 saturated carbocycles. The molecule has 0 atom stereocenters.